The number of amides is 1. The second-order valence-corrected chi connectivity index (χ2v) is 9.84. The lowest BCUT2D eigenvalue weighted by Gasteiger charge is -2.02. The molecule has 1 amide bonds. The van der Waals surface area contributed by atoms with Crippen LogP contribution >= 0.6 is 11.3 Å². The number of aromatic nitrogens is 1. The van der Waals surface area contributed by atoms with Crippen LogP contribution in [0, 0.1) is 5.82 Å². The first-order chi connectivity index (χ1) is 14.9. The molecule has 2 aromatic carbocycles. The van der Waals surface area contributed by atoms with Gasteiger partial charge in [-0.15, -0.1) is 11.3 Å². The molecular weight excluding hydrogens is 439 g/mol. The molecule has 158 valence electrons. The monoisotopic (exact) mass is 456 g/mol. The Morgan fingerprint density at radius 2 is 1.87 bits per heavy atom. The zero-order valence-corrected chi connectivity index (χ0v) is 17.8. The largest absolute Gasteiger partial charge is 0.455 e. The molecule has 0 radical (unpaired) electrons. The minimum absolute atomic E-state index is 0.0138. The van der Waals surface area contributed by atoms with Gasteiger partial charge in [0, 0.05) is 17.5 Å². The van der Waals surface area contributed by atoms with Gasteiger partial charge in [0.05, 0.1) is 4.90 Å². The van der Waals surface area contributed by atoms with E-state index in [-0.39, 0.29) is 28.0 Å². The number of halogens is 1. The highest BCUT2D eigenvalue weighted by atomic mass is 32.2. The summed E-state index contributed by atoms with van der Waals surface area (Å²) in [5.41, 5.74) is 0.803. The summed E-state index contributed by atoms with van der Waals surface area (Å²) >= 11 is 1.27. The van der Waals surface area contributed by atoms with Crippen LogP contribution in [-0.2, 0) is 22.0 Å². The maximum Gasteiger partial charge on any atom is 0.293 e. The van der Waals surface area contributed by atoms with Gasteiger partial charge in [-0.05, 0) is 42.0 Å². The van der Waals surface area contributed by atoms with E-state index in [1.807, 2.05) is 6.07 Å². The summed E-state index contributed by atoms with van der Waals surface area (Å²) in [6.45, 7) is 0. The summed E-state index contributed by atoms with van der Waals surface area (Å²) in [4.78, 5) is 17.6. The fraction of sp³-hybridized carbons (Fsp3) is 0.0909. The van der Waals surface area contributed by atoms with Crippen molar-refractivity contribution in [1.82, 2.24) is 4.98 Å². The van der Waals surface area contributed by atoms with Gasteiger partial charge in [-0.1, -0.05) is 30.3 Å². The number of anilines is 1. The molecule has 2 aromatic heterocycles. The Morgan fingerprint density at radius 3 is 2.65 bits per heavy atom. The average molecular weight is 457 g/mol. The Labute approximate surface area is 182 Å². The summed E-state index contributed by atoms with van der Waals surface area (Å²) in [6.07, 6.45) is 2.11. The first-order valence-corrected chi connectivity index (χ1v) is 11.7. The summed E-state index contributed by atoms with van der Waals surface area (Å²) in [6, 6.07) is 17.2. The summed E-state index contributed by atoms with van der Waals surface area (Å²) in [5, 5.41) is 3.00. The van der Waals surface area contributed by atoms with E-state index in [0.29, 0.717) is 11.6 Å². The van der Waals surface area contributed by atoms with Crippen molar-refractivity contribution in [2.24, 2.45) is 0 Å². The number of nitrogens with one attached hydrogen (secondary N) is 1. The number of sulfone groups is 1. The molecule has 0 unspecified atom stereocenters. The van der Waals surface area contributed by atoms with Gasteiger partial charge in [0.2, 0.25) is 0 Å². The molecule has 0 spiro atoms. The number of benzene rings is 2. The molecule has 0 aliphatic heterocycles. The van der Waals surface area contributed by atoms with Crippen LogP contribution in [0.15, 0.2) is 82.2 Å². The molecule has 0 saturated carbocycles. The lowest BCUT2D eigenvalue weighted by Crippen LogP contribution is -2.10. The van der Waals surface area contributed by atoms with Gasteiger partial charge in [0.25, 0.3) is 5.91 Å². The number of carbonyl (C=O) groups is 1. The number of nitrogens with zero attached hydrogens (tertiary/aromatic N) is 1. The van der Waals surface area contributed by atoms with Crippen LogP contribution in [0.5, 0.6) is 0 Å². The number of hydrogen-bond acceptors (Lipinski definition) is 6. The molecule has 0 saturated heterocycles. The van der Waals surface area contributed by atoms with Crippen molar-refractivity contribution in [3.8, 4) is 0 Å². The van der Waals surface area contributed by atoms with Crippen molar-refractivity contribution < 1.29 is 22.0 Å². The maximum absolute atomic E-state index is 13.3. The van der Waals surface area contributed by atoms with Gasteiger partial charge in [0.15, 0.2) is 20.7 Å². The van der Waals surface area contributed by atoms with Crippen molar-refractivity contribution in [3.05, 3.63) is 101 Å². The van der Waals surface area contributed by atoms with Crippen molar-refractivity contribution >= 4 is 32.2 Å². The van der Waals surface area contributed by atoms with Gasteiger partial charge in [-0.3, -0.25) is 10.1 Å². The maximum atomic E-state index is 13.3. The molecule has 0 aliphatic carbocycles. The Kier molecular flexibility index (Phi) is 5.97. The zero-order chi connectivity index (χ0) is 21.8. The molecule has 4 rings (SSSR count). The van der Waals surface area contributed by atoms with E-state index < -0.39 is 15.7 Å². The van der Waals surface area contributed by atoms with E-state index in [0.717, 1.165) is 10.4 Å². The number of carbonyl (C=O) groups excluding carboxylic acids is 1. The SMILES string of the molecule is O=C(Nc1ncc(Cc2cccc(F)c2)s1)c1ccc(CS(=O)(=O)c2ccccc2)o1. The highest BCUT2D eigenvalue weighted by molar-refractivity contribution is 7.90. The molecule has 0 aliphatic rings. The van der Waals surface area contributed by atoms with Crippen LogP contribution in [-0.4, -0.2) is 19.3 Å². The topological polar surface area (TPSA) is 89.3 Å². The van der Waals surface area contributed by atoms with E-state index >= 15 is 0 Å². The predicted molar refractivity (Wildman–Crippen MR) is 115 cm³/mol. The molecule has 0 bridgehead atoms. The minimum Gasteiger partial charge on any atom is -0.455 e. The molecular formula is C22H17FN2O4S2. The minimum atomic E-state index is -3.58. The highest BCUT2D eigenvalue weighted by Crippen LogP contribution is 2.23. The Hall–Kier alpha value is -3.30. The van der Waals surface area contributed by atoms with Crippen LogP contribution in [0.3, 0.4) is 0 Å². The third kappa shape index (κ3) is 5.25. The van der Waals surface area contributed by atoms with Crippen molar-refractivity contribution in [3.63, 3.8) is 0 Å². The first kappa shape index (κ1) is 21.0. The molecule has 2 heterocycles. The third-order valence-electron chi connectivity index (χ3n) is 4.36. The van der Waals surface area contributed by atoms with Crippen molar-refractivity contribution in [2.75, 3.05) is 5.32 Å². The lowest BCUT2D eigenvalue weighted by atomic mass is 10.1. The van der Waals surface area contributed by atoms with Crippen LogP contribution < -0.4 is 5.32 Å². The first-order valence-electron chi connectivity index (χ1n) is 9.26. The standard InChI is InChI=1S/C22H17FN2O4S2/c23-16-6-4-5-15(11-16)12-18-13-24-22(30-18)25-21(26)20-10-9-17(29-20)14-31(27,28)19-7-2-1-3-8-19/h1-11,13H,12,14H2,(H,24,25,26). The summed E-state index contributed by atoms with van der Waals surface area (Å²) < 4.78 is 43.7. The second kappa shape index (κ2) is 8.83. The number of rotatable bonds is 7. The zero-order valence-electron chi connectivity index (χ0n) is 16.1. The summed E-state index contributed by atoms with van der Waals surface area (Å²) in [5.74, 6) is -1.03. The summed E-state index contributed by atoms with van der Waals surface area (Å²) in [7, 11) is -3.58. The molecule has 31 heavy (non-hydrogen) atoms. The van der Waals surface area contributed by atoms with Gasteiger partial charge < -0.3 is 4.42 Å². The Morgan fingerprint density at radius 1 is 1.06 bits per heavy atom. The van der Waals surface area contributed by atoms with Crippen molar-refractivity contribution in [1.29, 1.82) is 0 Å². The highest BCUT2D eigenvalue weighted by Gasteiger charge is 2.19. The van der Waals surface area contributed by atoms with E-state index in [9.17, 15) is 17.6 Å². The molecule has 4 aromatic rings. The van der Waals surface area contributed by atoms with Crippen LogP contribution in [0.1, 0.15) is 26.8 Å². The van der Waals surface area contributed by atoms with Crippen LogP contribution in [0.25, 0.3) is 0 Å². The molecule has 0 fully saturated rings. The second-order valence-electron chi connectivity index (χ2n) is 6.73. The van der Waals surface area contributed by atoms with Crippen LogP contribution in [0.4, 0.5) is 9.52 Å². The van der Waals surface area contributed by atoms with E-state index in [1.165, 1.54) is 47.7 Å². The Balaban J connectivity index is 1.40. The van der Waals surface area contributed by atoms with Crippen LogP contribution in [0.2, 0.25) is 0 Å². The van der Waals surface area contributed by atoms with Crippen molar-refractivity contribution in [2.45, 2.75) is 17.1 Å². The van der Waals surface area contributed by atoms with E-state index in [4.69, 9.17) is 4.42 Å². The van der Waals surface area contributed by atoms with E-state index in [2.05, 4.69) is 10.3 Å². The average Bonchev–Trinajstić information content (AvgIpc) is 3.38. The smallest absolute Gasteiger partial charge is 0.293 e. The van der Waals surface area contributed by atoms with E-state index in [1.54, 1.807) is 30.5 Å². The number of furan rings is 1. The fourth-order valence-corrected chi connectivity index (χ4v) is 5.04. The third-order valence-corrected chi connectivity index (χ3v) is 6.93. The molecule has 9 heteroatoms. The predicted octanol–water partition coefficient (Wildman–Crippen LogP) is 4.69. The molecule has 1 N–H and O–H groups in total. The lowest BCUT2D eigenvalue weighted by molar-refractivity contribution is 0.0995. The normalized spacial score (nSPS) is 11.4. The van der Waals surface area contributed by atoms with Gasteiger partial charge >= 0.3 is 0 Å². The quantitative estimate of drug-likeness (QED) is 0.436. The van der Waals surface area contributed by atoms with Gasteiger partial charge in [-0.25, -0.2) is 17.8 Å². The number of hydrogen-bond donors (Lipinski definition) is 1. The molecule has 6 nitrogen and oxygen atoms in total. The molecule has 0 atom stereocenters. The fourth-order valence-electron chi connectivity index (χ4n) is 2.93. The number of thiazole rings is 1. The van der Waals surface area contributed by atoms with Gasteiger partial charge in [0.1, 0.15) is 17.3 Å². The Bertz CT molecular complexity index is 1310. The van der Waals surface area contributed by atoms with Gasteiger partial charge in [-0.2, -0.15) is 0 Å².